The first-order valence-electron chi connectivity index (χ1n) is 8.14. The number of ether oxygens (including phenoxy) is 1. The highest BCUT2D eigenvalue weighted by Crippen LogP contribution is 2.15. The molecule has 0 spiro atoms. The van der Waals surface area contributed by atoms with Gasteiger partial charge in [0.05, 0.1) is 0 Å². The summed E-state index contributed by atoms with van der Waals surface area (Å²) in [4.78, 5) is 22.9. The Kier molecular flexibility index (Phi) is 4.93. The number of carbonyl (C=O) groups is 1. The minimum absolute atomic E-state index is 0.00416. The van der Waals surface area contributed by atoms with Crippen LogP contribution in [0, 0.1) is 13.8 Å². The number of nitrogens with one attached hydrogen (secondary N) is 1. The fraction of sp³-hybridized carbons (Fsp3) is 0.389. The number of carbonyl (C=O) groups excluding carboxylic acids is 1. The van der Waals surface area contributed by atoms with Gasteiger partial charge >= 0.3 is 0 Å². The lowest BCUT2D eigenvalue weighted by molar-refractivity contribution is -0.132. The number of nitrogens with zero attached hydrogens (tertiary/aromatic N) is 3. The topological polar surface area (TPSA) is 67.4 Å². The standard InChI is InChI=1S/C18H22N4O2/c1-13-10-14(2)20-18(19-13)21-15-8-9-22(11-15)17(23)12-24-16-6-4-3-5-7-16/h3-7,10,15H,8-9,11-12H2,1-2H3,(H,19,20,21)/t15-/m1/s1. The SMILES string of the molecule is Cc1cc(C)nc(N[C@@H]2CCN(C(=O)COc3ccccc3)C2)n1. The number of rotatable bonds is 5. The summed E-state index contributed by atoms with van der Waals surface area (Å²) >= 11 is 0. The van der Waals surface area contributed by atoms with Gasteiger partial charge in [0.15, 0.2) is 6.61 Å². The highest BCUT2D eigenvalue weighted by Gasteiger charge is 2.26. The van der Waals surface area contributed by atoms with Crippen LogP contribution in [-0.2, 0) is 4.79 Å². The number of aromatic nitrogens is 2. The minimum Gasteiger partial charge on any atom is -0.484 e. The summed E-state index contributed by atoms with van der Waals surface area (Å²) in [5.74, 6) is 1.35. The quantitative estimate of drug-likeness (QED) is 0.912. The number of aryl methyl sites for hydroxylation is 2. The second-order valence-electron chi connectivity index (χ2n) is 6.05. The molecule has 0 aliphatic carbocycles. The summed E-state index contributed by atoms with van der Waals surface area (Å²) in [6, 6.07) is 11.5. The van der Waals surface area contributed by atoms with E-state index in [-0.39, 0.29) is 18.6 Å². The van der Waals surface area contributed by atoms with Crippen molar-refractivity contribution in [3.63, 3.8) is 0 Å². The van der Waals surface area contributed by atoms with Gasteiger partial charge in [-0.25, -0.2) is 9.97 Å². The summed E-state index contributed by atoms with van der Waals surface area (Å²) in [7, 11) is 0. The van der Waals surface area contributed by atoms with Crippen molar-refractivity contribution in [1.82, 2.24) is 14.9 Å². The molecule has 6 nitrogen and oxygen atoms in total. The first kappa shape index (κ1) is 16.2. The summed E-state index contributed by atoms with van der Waals surface area (Å²) in [6.45, 7) is 5.33. The van der Waals surface area contributed by atoms with Gasteiger partial charge in [-0.3, -0.25) is 4.79 Å². The molecule has 0 radical (unpaired) electrons. The maximum Gasteiger partial charge on any atom is 0.260 e. The maximum absolute atomic E-state index is 12.3. The van der Waals surface area contributed by atoms with Crippen LogP contribution in [0.25, 0.3) is 0 Å². The average Bonchev–Trinajstić information content (AvgIpc) is 3.01. The van der Waals surface area contributed by atoms with Crippen molar-refractivity contribution in [3.05, 3.63) is 47.8 Å². The molecule has 2 heterocycles. The Hall–Kier alpha value is -2.63. The smallest absolute Gasteiger partial charge is 0.260 e. The Labute approximate surface area is 141 Å². The Morgan fingerprint density at radius 3 is 2.67 bits per heavy atom. The van der Waals surface area contributed by atoms with E-state index in [1.807, 2.05) is 55.1 Å². The molecule has 0 bridgehead atoms. The first-order valence-corrected chi connectivity index (χ1v) is 8.14. The third-order valence-corrected chi connectivity index (χ3v) is 3.96. The zero-order chi connectivity index (χ0) is 16.9. The number of benzene rings is 1. The van der Waals surface area contributed by atoms with E-state index in [2.05, 4.69) is 15.3 Å². The second kappa shape index (κ2) is 7.29. The van der Waals surface area contributed by atoms with Gasteiger partial charge in [0.1, 0.15) is 5.75 Å². The van der Waals surface area contributed by atoms with Crippen molar-refractivity contribution >= 4 is 11.9 Å². The van der Waals surface area contributed by atoms with E-state index >= 15 is 0 Å². The molecular formula is C18H22N4O2. The summed E-state index contributed by atoms with van der Waals surface area (Å²) in [5, 5.41) is 3.32. The first-order chi connectivity index (χ1) is 11.6. The van der Waals surface area contributed by atoms with E-state index in [1.165, 1.54) is 0 Å². The molecule has 1 N–H and O–H groups in total. The molecule has 1 amide bonds. The van der Waals surface area contributed by atoms with Crippen LogP contribution in [-0.4, -0.2) is 46.5 Å². The summed E-state index contributed by atoms with van der Waals surface area (Å²) in [6.07, 6.45) is 0.882. The Morgan fingerprint density at radius 2 is 1.96 bits per heavy atom. The molecule has 1 aromatic carbocycles. The van der Waals surface area contributed by atoms with Gasteiger partial charge in [-0.15, -0.1) is 0 Å². The average molecular weight is 326 g/mol. The maximum atomic E-state index is 12.3. The van der Waals surface area contributed by atoms with Gasteiger partial charge < -0.3 is 15.0 Å². The molecule has 1 aliphatic rings. The van der Waals surface area contributed by atoms with Gasteiger partial charge in [-0.05, 0) is 38.5 Å². The molecule has 0 unspecified atom stereocenters. The number of hydrogen-bond acceptors (Lipinski definition) is 5. The molecule has 1 fully saturated rings. The van der Waals surface area contributed by atoms with Crippen LogP contribution in [0.4, 0.5) is 5.95 Å². The molecule has 2 aromatic rings. The predicted octanol–water partition coefficient (Wildman–Crippen LogP) is 2.19. The lowest BCUT2D eigenvalue weighted by Gasteiger charge is -2.17. The zero-order valence-electron chi connectivity index (χ0n) is 14.0. The second-order valence-corrected chi connectivity index (χ2v) is 6.05. The third kappa shape index (κ3) is 4.22. The van der Waals surface area contributed by atoms with Gasteiger partial charge in [-0.2, -0.15) is 0 Å². The third-order valence-electron chi connectivity index (χ3n) is 3.96. The van der Waals surface area contributed by atoms with E-state index in [4.69, 9.17) is 4.74 Å². The lowest BCUT2D eigenvalue weighted by Crippen LogP contribution is -2.35. The fourth-order valence-electron chi connectivity index (χ4n) is 2.83. The molecule has 1 aromatic heterocycles. The van der Waals surface area contributed by atoms with Gasteiger partial charge in [0, 0.05) is 30.5 Å². The molecular weight excluding hydrogens is 304 g/mol. The van der Waals surface area contributed by atoms with Gasteiger partial charge in [-0.1, -0.05) is 18.2 Å². The van der Waals surface area contributed by atoms with Crippen molar-refractivity contribution in [2.75, 3.05) is 25.0 Å². The van der Waals surface area contributed by atoms with E-state index in [9.17, 15) is 4.79 Å². The molecule has 0 saturated carbocycles. The summed E-state index contributed by atoms with van der Waals surface area (Å²) in [5.41, 5.74) is 1.87. The summed E-state index contributed by atoms with van der Waals surface area (Å²) < 4.78 is 5.53. The molecule has 6 heteroatoms. The van der Waals surface area contributed by atoms with E-state index in [1.54, 1.807) is 0 Å². The molecule has 3 rings (SSSR count). The van der Waals surface area contributed by atoms with Crippen molar-refractivity contribution in [3.8, 4) is 5.75 Å². The van der Waals surface area contributed by atoms with Crippen LogP contribution < -0.4 is 10.1 Å². The Bertz CT molecular complexity index is 685. The van der Waals surface area contributed by atoms with Gasteiger partial charge in [0.25, 0.3) is 5.91 Å². The van der Waals surface area contributed by atoms with Crippen LogP contribution in [0.5, 0.6) is 5.75 Å². The van der Waals surface area contributed by atoms with E-state index in [0.717, 1.165) is 24.4 Å². The Morgan fingerprint density at radius 1 is 1.25 bits per heavy atom. The molecule has 24 heavy (non-hydrogen) atoms. The van der Waals surface area contributed by atoms with Crippen LogP contribution in [0.2, 0.25) is 0 Å². The van der Waals surface area contributed by atoms with E-state index in [0.29, 0.717) is 18.2 Å². The number of para-hydroxylation sites is 1. The largest absolute Gasteiger partial charge is 0.484 e. The monoisotopic (exact) mass is 326 g/mol. The molecule has 1 saturated heterocycles. The van der Waals surface area contributed by atoms with Crippen molar-refractivity contribution < 1.29 is 9.53 Å². The van der Waals surface area contributed by atoms with Crippen LogP contribution in [0.1, 0.15) is 17.8 Å². The van der Waals surface area contributed by atoms with Crippen LogP contribution in [0.15, 0.2) is 36.4 Å². The number of hydrogen-bond donors (Lipinski definition) is 1. The number of anilines is 1. The predicted molar refractivity (Wildman–Crippen MR) is 92.1 cm³/mol. The number of likely N-dealkylation sites (tertiary alicyclic amines) is 1. The Balaban J connectivity index is 1.50. The number of amides is 1. The normalized spacial score (nSPS) is 16.9. The lowest BCUT2D eigenvalue weighted by atomic mass is 10.3. The molecule has 126 valence electrons. The van der Waals surface area contributed by atoms with Crippen molar-refractivity contribution in [1.29, 1.82) is 0 Å². The van der Waals surface area contributed by atoms with E-state index < -0.39 is 0 Å². The molecule has 1 aliphatic heterocycles. The van der Waals surface area contributed by atoms with Crippen LogP contribution >= 0.6 is 0 Å². The minimum atomic E-state index is 0.00416. The fourth-order valence-corrected chi connectivity index (χ4v) is 2.83. The van der Waals surface area contributed by atoms with Crippen molar-refractivity contribution in [2.45, 2.75) is 26.3 Å². The van der Waals surface area contributed by atoms with Crippen LogP contribution in [0.3, 0.4) is 0 Å². The molecule has 1 atom stereocenters. The highest BCUT2D eigenvalue weighted by atomic mass is 16.5. The highest BCUT2D eigenvalue weighted by molar-refractivity contribution is 5.78. The zero-order valence-corrected chi connectivity index (χ0v) is 14.0. The van der Waals surface area contributed by atoms with Crippen molar-refractivity contribution in [2.24, 2.45) is 0 Å². The van der Waals surface area contributed by atoms with Gasteiger partial charge in [0.2, 0.25) is 5.95 Å².